The third-order valence-electron chi connectivity index (χ3n) is 3.29. The molecule has 0 saturated heterocycles. The summed E-state index contributed by atoms with van der Waals surface area (Å²) in [6.07, 6.45) is 6.49. The van der Waals surface area contributed by atoms with Crippen LogP contribution in [0.3, 0.4) is 0 Å². The van der Waals surface area contributed by atoms with Gasteiger partial charge in [0.2, 0.25) is 5.92 Å². The largest absolute Gasteiger partial charge is 0.378 e. The lowest BCUT2D eigenvalue weighted by Crippen LogP contribution is -2.38. The number of hydrogen-bond acceptors (Lipinski definition) is 1. The Balaban J connectivity index is 1.59. The van der Waals surface area contributed by atoms with Crippen molar-refractivity contribution >= 4 is 0 Å². The molecule has 0 aromatic heterocycles. The van der Waals surface area contributed by atoms with Crippen LogP contribution < -0.4 is 0 Å². The van der Waals surface area contributed by atoms with Crippen molar-refractivity contribution in [3.8, 4) is 0 Å². The van der Waals surface area contributed by atoms with Gasteiger partial charge in [-0.2, -0.15) is 0 Å². The summed E-state index contributed by atoms with van der Waals surface area (Å²) < 4.78 is 30.6. The molecule has 2 rings (SSSR count). The summed E-state index contributed by atoms with van der Waals surface area (Å²) in [7, 11) is 0. The van der Waals surface area contributed by atoms with Crippen LogP contribution in [0.2, 0.25) is 0 Å². The minimum absolute atomic E-state index is 0.0414. The lowest BCUT2D eigenvalue weighted by Gasteiger charge is -2.36. The molecule has 1 nitrogen and oxygen atoms in total. The van der Waals surface area contributed by atoms with Gasteiger partial charge < -0.3 is 4.74 Å². The molecule has 0 atom stereocenters. The maximum atomic E-state index is 12.5. The predicted octanol–water partition coefficient (Wildman–Crippen LogP) is 3.38. The maximum absolute atomic E-state index is 12.5. The molecule has 2 saturated carbocycles. The molecule has 0 N–H and O–H groups in total. The molecule has 0 bridgehead atoms. The second-order valence-corrected chi connectivity index (χ2v) is 4.72. The van der Waals surface area contributed by atoms with Crippen molar-refractivity contribution in [3.63, 3.8) is 0 Å². The van der Waals surface area contributed by atoms with E-state index in [1.54, 1.807) is 0 Å². The zero-order valence-corrected chi connectivity index (χ0v) is 8.48. The first-order valence-electron chi connectivity index (χ1n) is 5.65. The van der Waals surface area contributed by atoms with Crippen LogP contribution in [0.15, 0.2) is 0 Å². The van der Waals surface area contributed by atoms with Crippen LogP contribution in [0.5, 0.6) is 0 Å². The molecule has 82 valence electrons. The molecule has 0 aromatic carbocycles. The molecule has 14 heavy (non-hydrogen) atoms. The lowest BCUT2D eigenvalue weighted by molar-refractivity contribution is -0.137. The van der Waals surface area contributed by atoms with Gasteiger partial charge in [-0.1, -0.05) is 19.3 Å². The van der Waals surface area contributed by atoms with Crippen molar-refractivity contribution < 1.29 is 13.5 Å². The van der Waals surface area contributed by atoms with Crippen molar-refractivity contribution in [2.75, 3.05) is 6.61 Å². The van der Waals surface area contributed by atoms with Crippen LogP contribution >= 0.6 is 0 Å². The first-order valence-corrected chi connectivity index (χ1v) is 5.65. The summed E-state index contributed by atoms with van der Waals surface area (Å²) in [5.41, 5.74) is 0. The first kappa shape index (κ1) is 10.3. The molecule has 0 amide bonds. The summed E-state index contributed by atoms with van der Waals surface area (Å²) in [5, 5.41) is 0. The molecule has 0 aromatic rings. The molecular formula is C11H18F2O. The van der Waals surface area contributed by atoms with Crippen molar-refractivity contribution in [3.05, 3.63) is 0 Å². The maximum Gasteiger partial charge on any atom is 0.248 e. The molecule has 0 radical (unpaired) electrons. The lowest BCUT2D eigenvalue weighted by atomic mass is 9.82. The third-order valence-corrected chi connectivity index (χ3v) is 3.29. The topological polar surface area (TPSA) is 9.23 Å². The predicted molar refractivity (Wildman–Crippen MR) is 50.5 cm³/mol. The van der Waals surface area contributed by atoms with Crippen LogP contribution in [-0.4, -0.2) is 18.6 Å². The molecule has 2 aliphatic rings. The Kier molecular flexibility index (Phi) is 3.05. The van der Waals surface area contributed by atoms with Gasteiger partial charge >= 0.3 is 0 Å². The monoisotopic (exact) mass is 204 g/mol. The Morgan fingerprint density at radius 1 is 1.07 bits per heavy atom. The van der Waals surface area contributed by atoms with Crippen molar-refractivity contribution in [2.24, 2.45) is 5.92 Å². The van der Waals surface area contributed by atoms with Crippen LogP contribution in [0.25, 0.3) is 0 Å². The highest BCUT2D eigenvalue weighted by Crippen LogP contribution is 2.42. The number of rotatable bonds is 3. The quantitative estimate of drug-likeness (QED) is 0.684. The summed E-state index contributed by atoms with van der Waals surface area (Å²) in [6.45, 7) is 0.556. The van der Waals surface area contributed by atoms with E-state index in [2.05, 4.69) is 0 Å². The molecule has 0 unspecified atom stereocenters. The highest BCUT2D eigenvalue weighted by molar-refractivity contribution is 4.86. The van der Waals surface area contributed by atoms with E-state index >= 15 is 0 Å². The fourth-order valence-electron chi connectivity index (χ4n) is 2.41. The van der Waals surface area contributed by atoms with E-state index < -0.39 is 5.92 Å². The highest BCUT2D eigenvalue weighted by atomic mass is 19.3. The SMILES string of the molecule is FC1(F)CC(COC2CCCCC2)C1. The fraction of sp³-hybridized carbons (Fsp3) is 1.00. The van der Waals surface area contributed by atoms with Gasteiger partial charge in [-0.05, 0) is 18.8 Å². The van der Waals surface area contributed by atoms with E-state index in [1.807, 2.05) is 0 Å². The Bertz CT molecular complexity index is 180. The van der Waals surface area contributed by atoms with Gasteiger partial charge in [-0.3, -0.25) is 0 Å². The number of ether oxygens (including phenoxy) is 1. The molecule has 2 aliphatic carbocycles. The third kappa shape index (κ3) is 2.66. The number of halogens is 2. The van der Waals surface area contributed by atoms with Gasteiger partial charge in [-0.15, -0.1) is 0 Å². The van der Waals surface area contributed by atoms with Gasteiger partial charge in [0.05, 0.1) is 12.7 Å². The Labute approximate surface area is 83.8 Å². The van der Waals surface area contributed by atoms with E-state index in [0.29, 0.717) is 12.7 Å². The summed E-state index contributed by atoms with van der Waals surface area (Å²) >= 11 is 0. The van der Waals surface area contributed by atoms with E-state index in [1.165, 1.54) is 19.3 Å². The fourth-order valence-corrected chi connectivity index (χ4v) is 2.41. The molecule has 0 heterocycles. The zero-order valence-electron chi connectivity index (χ0n) is 8.48. The van der Waals surface area contributed by atoms with Gasteiger partial charge in [0, 0.05) is 12.8 Å². The smallest absolute Gasteiger partial charge is 0.248 e. The van der Waals surface area contributed by atoms with Gasteiger partial charge in [0.15, 0.2) is 0 Å². The van der Waals surface area contributed by atoms with Crippen molar-refractivity contribution in [1.29, 1.82) is 0 Å². The average Bonchev–Trinajstić information content (AvgIpc) is 2.13. The van der Waals surface area contributed by atoms with E-state index in [9.17, 15) is 8.78 Å². The molecule has 2 fully saturated rings. The van der Waals surface area contributed by atoms with Crippen molar-refractivity contribution in [1.82, 2.24) is 0 Å². The summed E-state index contributed by atoms with van der Waals surface area (Å²) in [4.78, 5) is 0. The van der Waals surface area contributed by atoms with Gasteiger partial charge in [-0.25, -0.2) is 8.78 Å². The number of hydrogen-bond donors (Lipinski definition) is 0. The second kappa shape index (κ2) is 4.13. The second-order valence-electron chi connectivity index (χ2n) is 4.72. The average molecular weight is 204 g/mol. The normalized spacial score (nSPS) is 28.7. The molecular weight excluding hydrogens is 186 g/mol. The van der Waals surface area contributed by atoms with Crippen LogP contribution in [0.1, 0.15) is 44.9 Å². The Morgan fingerprint density at radius 3 is 2.29 bits per heavy atom. The Hall–Kier alpha value is -0.180. The van der Waals surface area contributed by atoms with Gasteiger partial charge in [0.25, 0.3) is 0 Å². The van der Waals surface area contributed by atoms with Crippen LogP contribution in [0.4, 0.5) is 8.78 Å². The summed E-state index contributed by atoms with van der Waals surface area (Å²) in [5.74, 6) is -2.27. The molecule has 3 heteroatoms. The molecule has 0 aliphatic heterocycles. The first-order chi connectivity index (χ1) is 6.66. The van der Waals surface area contributed by atoms with Crippen LogP contribution in [-0.2, 0) is 4.74 Å². The number of alkyl halides is 2. The van der Waals surface area contributed by atoms with Crippen molar-refractivity contribution in [2.45, 2.75) is 57.0 Å². The van der Waals surface area contributed by atoms with Gasteiger partial charge in [0.1, 0.15) is 0 Å². The molecule has 0 spiro atoms. The minimum atomic E-state index is -2.39. The Morgan fingerprint density at radius 2 is 1.71 bits per heavy atom. The van der Waals surface area contributed by atoms with Crippen LogP contribution in [0, 0.1) is 5.92 Å². The van der Waals surface area contributed by atoms with E-state index in [-0.39, 0.29) is 18.8 Å². The zero-order chi connectivity index (χ0) is 10.0. The summed E-state index contributed by atoms with van der Waals surface area (Å²) in [6, 6.07) is 0. The minimum Gasteiger partial charge on any atom is -0.378 e. The highest BCUT2D eigenvalue weighted by Gasteiger charge is 2.45. The van der Waals surface area contributed by atoms with E-state index in [0.717, 1.165) is 12.8 Å². The van der Waals surface area contributed by atoms with E-state index in [4.69, 9.17) is 4.74 Å². The standard InChI is InChI=1S/C11H18F2O/c12-11(13)6-9(7-11)8-14-10-4-2-1-3-5-10/h9-10H,1-8H2.